The van der Waals surface area contributed by atoms with Crippen molar-refractivity contribution in [1.29, 1.82) is 0 Å². The Hall–Kier alpha value is -2.34. The quantitative estimate of drug-likeness (QED) is 0.644. The molecule has 0 fully saturated rings. The normalized spacial score (nSPS) is 10.9. The Labute approximate surface area is 104 Å². The van der Waals surface area contributed by atoms with Crippen molar-refractivity contribution < 1.29 is 0 Å². The molecule has 0 saturated carbocycles. The summed E-state index contributed by atoms with van der Waals surface area (Å²) in [6.45, 7) is 0.595. The van der Waals surface area contributed by atoms with Gasteiger partial charge in [-0.2, -0.15) is 0 Å². The number of aromatic amines is 1. The minimum Gasteiger partial charge on any atom is -0.348 e. The van der Waals surface area contributed by atoms with Gasteiger partial charge in [-0.25, -0.2) is 9.50 Å². The van der Waals surface area contributed by atoms with E-state index in [1.165, 1.54) is 0 Å². The predicted molar refractivity (Wildman–Crippen MR) is 69.8 cm³/mol. The predicted octanol–water partition coefficient (Wildman–Crippen LogP) is 1.30. The lowest BCUT2D eigenvalue weighted by Gasteiger charge is -2.02. The standard InChI is InChI=1S/C12H14N6/c13-6-5-9-8-18-12(15-9)4-3-11(17-18)16-10-2-1-7-14-10/h1-4,7-8,14H,5-6,13H2,(H,16,17). The molecule has 92 valence electrons. The van der Waals surface area contributed by atoms with E-state index >= 15 is 0 Å². The summed E-state index contributed by atoms with van der Waals surface area (Å²) >= 11 is 0. The molecule has 0 atom stereocenters. The molecule has 0 aliphatic heterocycles. The second-order valence-electron chi connectivity index (χ2n) is 4.00. The summed E-state index contributed by atoms with van der Waals surface area (Å²) in [5, 5.41) is 7.61. The average molecular weight is 242 g/mol. The number of H-pyrrole nitrogens is 1. The maximum Gasteiger partial charge on any atom is 0.153 e. The van der Waals surface area contributed by atoms with Gasteiger partial charge in [0.1, 0.15) is 5.82 Å². The Balaban J connectivity index is 1.90. The summed E-state index contributed by atoms with van der Waals surface area (Å²) in [5.74, 6) is 1.67. The van der Waals surface area contributed by atoms with E-state index in [9.17, 15) is 0 Å². The monoisotopic (exact) mass is 242 g/mol. The number of nitrogens with two attached hydrogens (primary N) is 1. The fourth-order valence-electron chi connectivity index (χ4n) is 1.81. The SMILES string of the molecule is NCCc1cn2nc(Nc3ccc[nH]3)ccc2n1. The Kier molecular flexibility index (Phi) is 2.70. The van der Waals surface area contributed by atoms with Crippen molar-refractivity contribution in [3.8, 4) is 0 Å². The number of hydrogen-bond donors (Lipinski definition) is 3. The van der Waals surface area contributed by atoms with Crippen LogP contribution in [-0.4, -0.2) is 26.1 Å². The molecule has 4 N–H and O–H groups in total. The van der Waals surface area contributed by atoms with Gasteiger partial charge in [0.15, 0.2) is 11.5 Å². The molecule has 6 nitrogen and oxygen atoms in total. The maximum absolute atomic E-state index is 5.52. The van der Waals surface area contributed by atoms with Crippen LogP contribution < -0.4 is 11.1 Å². The van der Waals surface area contributed by atoms with Gasteiger partial charge in [-0.15, -0.1) is 5.10 Å². The van der Waals surface area contributed by atoms with E-state index in [0.29, 0.717) is 6.54 Å². The van der Waals surface area contributed by atoms with Crippen molar-refractivity contribution >= 4 is 17.3 Å². The summed E-state index contributed by atoms with van der Waals surface area (Å²) in [7, 11) is 0. The first-order valence-electron chi connectivity index (χ1n) is 5.81. The molecule has 0 aliphatic carbocycles. The smallest absolute Gasteiger partial charge is 0.153 e. The largest absolute Gasteiger partial charge is 0.348 e. The molecule has 0 aromatic carbocycles. The molecule has 3 heterocycles. The molecule has 3 rings (SSSR count). The highest BCUT2D eigenvalue weighted by molar-refractivity contribution is 5.53. The van der Waals surface area contributed by atoms with Gasteiger partial charge in [0.25, 0.3) is 0 Å². The van der Waals surface area contributed by atoms with Crippen molar-refractivity contribution in [3.63, 3.8) is 0 Å². The van der Waals surface area contributed by atoms with E-state index in [4.69, 9.17) is 5.73 Å². The van der Waals surface area contributed by atoms with Crippen LogP contribution >= 0.6 is 0 Å². The Morgan fingerprint density at radius 3 is 3.06 bits per heavy atom. The van der Waals surface area contributed by atoms with Crippen LogP contribution in [0.1, 0.15) is 5.69 Å². The zero-order chi connectivity index (χ0) is 12.4. The van der Waals surface area contributed by atoms with Crippen molar-refractivity contribution in [2.75, 3.05) is 11.9 Å². The van der Waals surface area contributed by atoms with Crippen LogP contribution in [0.3, 0.4) is 0 Å². The number of rotatable bonds is 4. The third-order valence-electron chi connectivity index (χ3n) is 2.63. The van der Waals surface area contributed by atoms with Crippen LogP contribution in [0.15, 0.2) is 36.7 Å². The number of nitrogens with zero attached hydrogens (tertiary/aromatic N) is 3. The summed E-state index contributed by atoms with van der Waals surface area (Å²) in [6.07, 6.45) is 4.53. The van der Waals surface area contributed by atoms with E-state index in [-0.39, 0.29) is 0 Å². The van der Waals surface area contributed by atoms with E-state index in [1.807, 2.05) is 36.7 Å². The molecule has 6 heteroatoms. The van der Waals surface area contributed by atoms with Gasteiger partial charge in [-0.3, -0.25) is 0 Å². The number of nitrogens with one attached hydrogen (secondary N) is 2. The minimum absolute atomic E-state index is 0.595. The number of imidazole rings is 1. The van der Waals surface area contributed by atoms with Crippen LogP contribution in [0.25, 0.3) is 5.65 Å². The summed E-state index contributed by atoms with van der Waals surface area (Å²) in [6, 6.07) is 7.70. The molecule has 3 aromatic rings. The molecule has 0 aliphatic rings. The van der Waals surface area contributed by atoms with E-state index in [2.05, 4.69) is 20.4 Å². The third-order valence-corrected chi connectivity index (χ3v) is 2.63. The molecule has 0 saturated heterocycles. The lowest BCUT2D eigenvalue weighted by atomic mass is 10.3. The molecule has 0 unspecified atom stereocenters. The first-order chi connectivity index (χ1) is 8.85. The van der Waals surface area contributed by atoms with Gasteiger partial charge in [0, 0.05) is 12.6 Å². The average Bonchev–Trinajstić information content (AvgIpc) is 2.98. The van der Waals surface area contributed by atoms with Gasteiger partial charge in [-0.1, -0.05) is 0 Å². The first-order valence-corrected chi connectivity index (χ1v) is 5.81. The summed E-state index contributed by atoms with van der Waals surface area (Å²) in [5.41, 5.74) is 7.31. The second-order valence-corrected chi connectivity index (χ2v) is 4.00. The minimum atomic E-state index is 0.595. The summed E-state index contributed by atoms with van der Waals surface area (Å²) < 4.78 is 1.76. The molecule has 3 aromatic heterocycles. The number of fused-ring (bicyclic) bond motifs is 1. The lowest BCUT2D eigenvalue weighted by Crippen LogP contribution is -2.02. The highest BCUT2D eigenvalue weighted by Gasteiger charge is 2.03. The van der Waals surface area contributed by atoms with Crippen molar-refractivity contribution in [3.05, 3.63) is 42.4 Å². The Bertz CT molecular complexity index is 640. The van der Waals surface area contributed by atoms with Crippen molar-refractivity contribution in [1.82, 2.24) is 19.6 Å². The fraction of sp³-hybridized carbons (Fsp3) is 0.167. The van der Waals surface area contributed by atoms with Crippen LogP contribution in [0.2, 0.25) is 0 Å². The molecule has 0 amide bonds. The third kappa shape index (κ3) is 2.05. The van der Waals surface area contributed by atoms with Crippen LogP contribution in [0.5, 0.6) is 0 Å². The molecule has 0 radical (unpaired) electrons. The highest BCUT2D eigenvalue weighted by atomic mass is 15.3. The maximum atomic E-state index is 5.52. The number of hydrogen-bond acceptors (Lipinski definition) is 4. The number of anilines is 2. The highest BCUT2D eigenvalue weighted by Crippen LogP contribution is 2.13. The van der Waals surface area contributed by atoms with E-state index < -0.39 is 0 Å². The Morgan fingerprint density at radius 2 is 2.28 bits per heavy atom. The van der Waals surface area contributed by atoms with Gasteiger partial charge < -0.3 is 16.0 Å². The molecule has 0 bridgehead atoms. The second kappa shape index (κ2) is 4.50. The van der Waals surface area contributed by atoms with Crippen LogP contribution in [-0.2, 0) is 6.42 Å². The molecular weight excluding hydrogens is 228 g/mol. The molecular formula is C12H14N6. The summed E-state index contributed by atoms with van der Waals surface area (Å²) in [4.78, 5) is 7.49. The van der Waals surface area contributed by atoms with Gasteiger partial charge in [0.2, 0.25) is 0 Å². The van der Waals surface area contributed by atoms with Crippen molar-refractivity contribution in [2.45, 2.75) is 6.42 Å². The zero-order valence-corrected chi connectivity index (χ0v) is 9.80. The molecule has 18 heavy (non-hydrogen) atoms. The zero-order valence-electron chi connectivity index (χ0n) is 9.80. The van der Waals surface area contributed by atoms with Crippen molar-refractivity contribution in [2.24, 2.45) is 5.73 Å². The fourth-order valence-corrected chi connectivity index (χ4v) is 1.81. The Morgan fingerprint density at radius 1 is 1.33 bits per heavy atom. The first kappa shape index (κ1) is 10.8. The topological polar surface area (TPSA) is 84.0 Å². The van der Waals surface area contributed by atoms with E-state index in [0.717, 1.165) is 29.4 Å². The lowest BCUT2D eigenvalue weighted by molar-refractivity contribution is 0.917. The van der Waals surface area contributed by atoms with Crippen LogP contribution in [0.4, 0.5) is 11.6 Å². The van der Waals surface area contributed by atoms with Crippen LogP contribution in [0, 0.1) is 0 Å². The molecule has 0 spiro atoms. The van der Waals surface area contributed by atoms with Gasteiger partial charge in [0.05, 0.1) is 11.9 Å². The van der Waals surface area contributed by atoms with Gasteiger partial charge >= 0.3 is 0 Å². The van der Waals surface area contributed by atoms with E-state index in [1.54, 1.807) is 4.52 Å². The van der Waals surface area contributed by atoms with Gasteiger partial charge in [-0.05, 0) is 30.8 Å². The number of aromatic nitrogens is 4.